The molecule has 3 nitrogen and oxygen atoms in total. The zero-order valence-corrected chi connectivity index (χ0v) is 10.7. The van der Waals surface area contributed by atoms with Gasteiger partial charge in [0.25, 0.3) is 0 Å². The van der Waals surface area contributed by atoms with Crippen molar-refractivity contribution in [3.63, 3.8) is 0 Å². The minimum Gasteiger partial charge on any atom is -0.378 e. The second-order valence-corrected chi connectivity index (χ2v) is 5.72. The van der Waals surface area contributed by atoms with E-state index in [0.717, 1.165) is 13.2 Å². The highest BCUT2D eigenvalue weighted by molar-refractivity contribution is 4.90. The SMILES string of the molecule is CCOC1CC(NCC2(C)CCCNC2)C1. The standard InChI is InChI=1S/C13H26N2O/c1-3-16-12-7-11(8-12)15-10-13(2)5-4-6-14-9-13/h11-12,14-15H,3-10H2,1-2H3. The maximum absolute atomic E-state index is 5.57. The van der Waals surface area contributed by atoms with Crippen molar-refractivity contribution in [1.82, 2.24) is 10.6 Å². The Morgan fingerprint density at radius 2 is 2.25 bits per heavy atom. The van der Waals surface area contributed by atoms with Crippen LogP contribution in [-0.2, 0) is 4.74 Å². The van der Waals surface area contributed by atoms with Gasteiger partial charge in [0, 0.05) is 25.7 Å². The molecule has 1 unspecified atom stereocenters. The Kier molecular flexibility index (Phi) is 4.22. The van der Waals surface area contributed by atoms with E-state index >= 15 is 0 Å². The van der Waals surface area contributed by atoms with E-state index in [2.05, 4.69) is 24.5 Å². The first-order valence-corrected chi connectivity index (χ1v) is 6.77. The van der Waals surface area contributed by atoms with E-state index in [0.29, 0.717) is 17.6 Å². The van der Waals surface area contributed by atoms with Crippen molar-refractivity contribution >= 4 is 0 Å². The summed E-state index contributed by atoms with van der Waals surface area (Å²) >= 11 is 0. The highest BCUT2D eigenvalue weighted by atomic mass is 16.5. The van der Waals surface area contributed by atoms with Gasteiger partial charge in [0.15, 0.2) is 0 Å². The summed E-state index contributed by atoms with van der Waals surface area (Å²) in [6, 6.07) is 0.704. The molecule has 0 aromatic heterocycles. The van der Waals surface area contributed by atoms with Crippen molar-refractivity contribution in [3.8, 4) is 0 Å². The first-order chi connectivity index (χ1) is 7.72. The Morgan fingerprint density at radius 1 is 1.44 bits per heavy atom. The third-order valence-corrected chi connectivity index (χ3v) is 4.00. The van der Waals surface area contributed by atoms with Crippen molar-refractivity contribution in [2.24, 2.45) is 5.41 Å². The van der Waals surface area contributed by atoms with Gasteiger partial charge in [-0.2, -0.15) is 0 Å². The van der Waals surface area contributed by atoms with E-state index in [1.165, 1.54) is 38.8 Å². The summed E-state index contributed by atoms with van der Waals surface area (Å²) in [5.41, 5.74) is 0.467. The van der Waals surface area contributed by atoms with Gasteiger partial charge in [-0.15, -0.1) is 0 Å². The molecule has 0 radical (unpaired) electrons. The van der Waals surface area contributed by atoms with Gasteiger partial charge in [0.05, 0.1) is 6.10 Å². The molecule has 2 aliphatic rings. The van der Waals surface area contributed by atoms with Crippen LogP contribution in [0.4, 0.5) is 0 Å². The van der Waals surface area contributed by atoms with E-state index in [-0.39, 0.29) is 0 Å². The normalized spacial score (nSPS) is 39.4. The van der Waals surface area contributed by atoms with Crippen molar-refractivity contribution in [2.75, 3.05) is 26.2 Å². The highest BCUT2D eigenvalue weighted by Gasteiger charge is 2.32. The van der Waals surface area contributed by atoms with Crippen LogP contribution in [-0.4, -0.2) is 38.4 Å². The van der Waals surface area contributed by atoms with Crippen LogP contribution in [0.1, 0.15) is 39.5 Å². The molecule has 2 rings (SSSR count). The molecule has 0 spiro atoms. The summed E-state index contributed by atoms with van der Waals surface area (Å²) in [5, 5.41) is 7.20. The molecule has 3 heteroatoms. The van der Waals surface area contributed by atoms with E-state index in [4.69, 9.17) is 4.74 Å². The number of ether oxygens (including phenoxy) is 1. The monoisotopic (exact) mass is 226 g/mol. The van der Waals surface area contributed by atoms with Crippen molar-refractivity contribution in [2.45, 2.75) is 51.7 Å². The van der Waals surface area contributed by atoms with E-state index in [1.54, 1.807) is 0 Å². The summed E-state index contributed by atoms with van der Waals surface area (Å²) in [5.74, 6) is 0. The summed E-state index contributed by atoms with van der Waals surface area (Å²) in [6.45, 7) is 8.86. The fourth-order valence-electron chi connectivity index (χ4n) is 2.76. The highest BCUT2D eigenvalue weighted by Crippen LogP contribution is 2.27. The Balaban J connectivity index is 1.61. The average Bonchev–Trinajstić information content (AvgIpc) is 2.22. The number of nitrogens with one attached hydrogen (secondary N) is 2. The van der Waals surface area contributed by atoms with Crippen LogP contribution in [0.2, 0.25) is 0 Å². The molecular weight excluding hydrogens is 200 g/mol. The van der Waals surface area contributed by atoms with E-state index in [9.17, 15) is 0 Å². The molecule has 1 aliphatic heterocycles. The van der Waals surface area contributed by atoms with Gasteiger partial charge in [-0.1, -0.05) is 6.92 Å². The molecule has 2 fully saturated rings. The van der Waals surface area contributed by atoms with E-state index < -0.39 is 0 Å². The van der Waals surface area contributed by atoms with Crippen LogP contribution in [0.5, 0.6) is 0 Å². The molecule has 0 aromatic carbocycles. The van der Waals surface area contributed by atoms with Gasteiger partial charge in [-0.05, 0) is 44.6 Å². The largest absolute Gasteiger partial charge is 0.378 e. The maximum atomic E-state index is 5.57. The van der Waals surface area contributed by atoms with Crippen LogP contribution >= 0.6 is 0 Å². The maximum Gasteiger partial charge on any atom is 0.0604 e. The lowest BCUT2D eigenvalue weighted by atomic mass is 9.81. The summed E-state index contributed by atoms with van der Waals surface area (Å²) < 4.78 is 5.57. The molecule has 1 atom stereocenters. The molecular formula is C13H26N2O. The molecule has 2 N–H and O–H groups in total. The predicted molar refractivity (Wildman–Crippen MR) is 66.6 cm³/mol. The molecule has 1 saturated carbocycles. The molecule has 16 heavy (non-hydrogen) atoms. The number of piperidine rings is 1. The van der Waals surface area contributed by atoms with Gasteiger partial charge in [0.2, 0.25) is 0 Å². The molecule has 1 heterocycles. The van der Waals surface area contributed by atoms with Crippen LogP contribution < -0.4 is 10.6 Å². The number of hydrogen-bond acceptors (Lipinski definition) is 3. The first-order valence-electron chi connectivity index (χ1n) is 6.77. The molecule has 0 amide bonds. The molecule has 0 bridgehead atoms. The molecule has 1 aliphatic carbocycles. The first kappa shape index (κ1) is 12.3. The zero-order valence-electron chi connectivity index (χ0n) is 10.7. The van der Waals surface area contributed by atoms with Gasteiger partial charge in [-0.3, -0.25) is 0 Å². The lowest BCUT2D eigenvalue weighted by Crippen LogP contribution is -2.51. The summed E-state index contributed by atoms with van der Waals surface area (Å²) in [7, 11) is 0. The number of hydrogen-bond donors (Lipinski definition) is 2. The lowest BCUT2D eigenvalue weighted by molar-refractivity contribution is -0.0124. The average molecular weight is 226 g/mol. The minimum atomic E-state index is 0.467. The Labute approximate surface area is 99.3 Å². The zero-order chi connectivity index (χ0) is 11.4. The predicted octanol–water partition coefficient (Wildman–Crippen LogP) is 1.53. The smallest absolute Gasteiger partial charge is 0.0604 e. The fraction of sp³-hybridized carbons (Fsp3) is 1.00. The lowest BCUT2D eigenvalue weighted by Gasteiger charge is -2.40. The van der Waals surface area contributed by atoms with Gasteiger partial charge >= 0.3 is 0 Å². The van der Waals surface area contributed by atoms with Crippen LogP contribution in [0.15, 0.2) is 0 Å². The van der Waals surface area contributed by atoms with Gasteiger partial charge < -0.3 is 15.4 Å². The molecule has 0 aromatic rings. The quantitative estimate of drug-likeness (QED) is 0.746. The third kappa shape index (κ3) is 3.19. The van der Waals surface area contributed by atoms with Crippen molar-refractivity contribution in [1.29, 1.82) is 0 Å². The van der Waals surface area contributed by atoms with Crippen molar-refractivity contribution in [3.05, 3.63) is 0 Å². The second-order valence-electron chi connectivity index (χ2n) is 5.72. The fourth-order valence-corrected chi connectivity index (χ4v) is 2.76. The Hall–Kier alpha value is -0.120. The third-order valence-electron chi connectivity index (χ3n) is 4.00. The molecule has 94 valence electrons. The van der Waals surface area contributed by atoms with Crippen molar-refractivity contribution < 1.29 is 4.74 Å². The van der Waals surface area contributed by atoms with E-state index in [1.807, 2.05) is 0 Å². The second kappa shape index (κ2) is 5.48. The molecule has 1 saturated heterocycles. The Bertz CT molecular complexity index is 208. The summed E-state index contributed by atoms with van der Waals surface area (Å²) in [4.78, 5) is 0. The van der Waals surface area contributed by atoms with Gasteiger partial charge in [0.1, 0.15) is 0 Å². The van der Waals surface area contributed by atoms with Gasteiger partial charge in [-0.25, -0.2) is 0 Å². The van der Waals surface area contributed by atoms with Crippen LogP contribution in [0, 0.1) is 5.41 Å². The minimum absolute atomic E-state index is 0.467. The van der Waals surface area contributed by atoms with Crippen LogP contribution in [0.3, 0.4) is 0 Å². The Morgan fingerprint density at radius 3 is 2.88 bits per heavy atom. The van der Waals surface area contributed by atoms with Crippen LogP contribution in [0.25, 0.3) is 0 Å². The summed E-state index contributed by atoms with van der Waals surface area (Å²) in [6.07, 6.45) is 5.62. The number of rotatable bonds is 5. The topological polar surface area (TPSA) is 33.3 Å².